The second kappa shape index (κ2) is 4.84. The van der Waals surface area contributed by atoms with E-state index < -0.39 is 0 Å². The summed E-state index contributed by atoms with van der Waals surface area (Å²) in [6, 6.07) is 1.28. The van der Waals surface area contributed by atoms with Gasteiger partial charge in [0.2, 0.25) is 5.91 Å². The molecule has 1 heterocycles. The highest BCUT2D eigenvalue weighted by Crippen LogP contribution is 2.41. The lowest BCUT2D eigenvalue weighted by Gasteiger charge is -2.35. The number of hydrogen-bond donors (Lipinski definition) is 1. The van der Waals surface area contributed by atoms with Crippen LogP contribution in [0.25, 0.3) is 0 Å². The molecule has 3 rings (SSSR count). The van der Waals surface area contributed by atoms with E-state index in [9.17, 15) is 4.79 Å². The average molecular weight is 250 g/mol. The predicted octanol–water partition coefficient (Wildman–Crippen LogP) is 2.29. The summed E-state index contributed by atoms with van der Waals surface area (Å²) in [5, 5.41) is 0. The summed E-state index contributed by atoms with van der Waals surface area (Å²) in [6.07, 6.45) is 9.44. The van der Waals surface area contributed by atoms with Gasteiger partial charge in [-0.1, -0.05) is 12.8 Å². The van der Waals surface area contributed by atoms with Crippen LogP contribution in [0.1, 0.15) is 58.3 Å². The number of carbonyl (C=O) groups is 1. The molecule has 3 heteroatoms. The van der Waals surface area contributed by atoms with Gasteiger partial charge in [0.05, 0.1) is 0 Å². The maximum Gasteiger partial charge on any atom is 0.226 e. The molecule has 0 aromatic carbocycles. The second-order valence-electron chi connectivity index (χ2n) is 6.71. The van der Waals surface area contributed by atoms with Crippen molar-refractivity contribution in [1.82, 2.24) is 4.90 Å². The number of likely N-dealkylation sites (tertiary alicyclic amines) is 1. The highest BCUT2D eigenvalue weighted by Gasteiger charge is 2.44. The smallest absolute Gasteiger partial charge is 0.226 e. The van der Waals surface area contributed by atoms with E-state index in [2.05, 4.69) is 11.8 Å². The molecule has 102 valence electrons. The number of nitrogens with zero attached hydrogens (tertiary/aromatic N) is 1. The van der Waals surface area contributed by atoms with Gasteiger partial charge in [0.15, 0.2) is 0 Å². The fourth-order valence-corrected chi connectivity index (χ4v) is 4.54. The number of rotatable bonds is 1. The second-order valence-corrected chi connectivity index (χ2v) is 6.71. The molecule has 2 N–H and O–H groups in total. The molecular formula is C15H26N2O. The Morgan fingerprint density at radius 2 is 1.89 bits per heavy atom. The third-order valence-corrected chi connectivity index (χ3v) is 5.42. The number of amides is 1. The Hall–Kier alpha value is -0.570. The van der Waals surface area contributed by atoms with Crippen molar-refractivity contribution in [3.8, 4) is 0 Å². The minimum Gasteiger partial charge on any atom is -0.336 e. The zero-order chi connectivity index (χ0) is 12.7. The first-order valence-electron chi connectivity index (χ1n) is 7.74. The van der Waals surface area contributed by atoms with Crippen LogP contribution in [0, 0.1) is 11.8 Å². The third-order valence-electron chi connectivity index (χ3n) is 5.42. The van der Waals surface area contributed by atoms with Crippen LogP contribution < -0.4 is 5.73 Å². The van der Waals surface area contributed by atoms with Gasteiger partial charge in [0, 0.05) is 24.0 Å². The van der Waals surface area contributed by atoms with E-state index in [1.165, 1.54) is 32.1 Å². The van der Waals surface area contributed by atoms with E-state index in [0.717, 1.165) is 25.2 Å². The molecule has 0 unspecified atom stereocenters. The molecule has 18 heavy (non-hydrogen) atoms. The summed E-state index contributed by atoms with van der Waals surface area (Å²) in [6.45, 7) is 2.24. The monoisotopic (exact) mass is 250 g/mol. The summed E-state index contributed by atoms with van der Waals surface area (Å²) < 4.78 is 0. The van der Waals surface area contributed by atoms with E-state index in [0.29, 0.717) is 18.0 Å². The zero-order valence-corrected chi connectivity index (χ0v) is 11.5. The van der Waals surface area contributed by atoms with Crippen LogP contribution in [0.15, 0.2) is 0 Å². The Morgan fingerprint density at radius 3 is 2.61 bits per heavy atom. The first kappa shape index (κ1) is 12.5. The van der Waals surface area contributed by atoms with E-state index in [4.69, 9.17) is 5.73 Å². The van der Waals surface area contributed by atoms with Crippen molar-refractivity contribution < 1.29 is 4.79 Å². The van der Waals surface area contributed by atoms with Gasteiger partial charge < -0.3 is 10.6 Å². The number of nitrogens with two attached hydrogens (primary N) is 1. The van der Waals surface area contributed by atoms with Crippen molar-refractivity contribution in [1.29, 1.82) is 0 Å². The summed E-state index contributed by atoms with van der Waals surface area (Å²) in [7, 11) is 0. The largest absolute Gasteiger partial charge is 0.336 e. The molecular weight excluding hydrogens is 224 g/mol. The minimum absolute atomic E-state index is 0.225. The fraction of sp³-hybridized carbons (Fsp3) is 0.933. The van der Waals surface area contributed by atoms with Crippen molar-refractivity contribution in [3.05, 3.63) is 0 Å². The molecule has 0 bridgehead atoms. The minimum atomic E-state index is 0.225. The van der Waals surface area contributed by atoms with Crippen LogP contribution >= 0.6 is 0 Å². The standard InChI is InChI=1S/C15H26N2O/c1-10-8-11-4-2-3-5-14(11)17(10)15(18)12-6-7-13(16)9-12/h10-14H,2-9,16H2,1H3/t10-,11+,12-,13-,14+/m1/s1. The normalized spacial score (nSPS) is 44.1. The number of fused-ring (bicyclic) bond motifs is 1. The molecule has 3 aliphatic rings. The van der Waals surface area contributed by atoms with Gasteiger partial charge in [-0.15, -0.1) is 0 Å². The Labute approximate surface area is 110 Å². The summed E-state index contributed by atoms with van der Waals surface area (Å²) in [4.78, 5) is 15.0. The molecule has 0 spiro atoms. The van der Waals surface area contributed by atoms with Crippen LogP contribution in [0.3, 0.4) is 0 Å². The van der Waals surface area contributed by atoms with Crippen LogP contribution in [-0.4, -0.2) is 28.9 Å². The van der Waals surface area contributed by atoms with E-state index in [1.54, 1.807) is 0 Å². The topological polar surface area (TPSA) is 46.3 Å². The average Bonchev–Trinajstić information content (AvgIpc) is 2.91. The van der Waals surface area contributed by atoms with Crippen molar-refractivity contribution >= 4 is 5.91 Å². The van der Waals surface area contributed by atoms with Gasteiger partial charge in [-0.2, -0.15) is 0 Å². The van der Waals surface area contributed by atoms with Gasteiger partial charge in [0.25, 0.3) is 0 Å². The van der Waals surface area contributed by atoms with Crippen LogP contribution in [-0.2, 0) is 4.79 Å². The molecule has 1 amide bonds. The van der Waals surface area contributed by atoms with E-state index in [-0.39, 0.29) is 12.0 Å². The summed E-state index contributed by atoms with van der Waals surface area (Å²) >= 11 is 0. The first-order valence-corrected chi connectivity index (χ1v) is 7.74. The van der Waals surface area contributed by atoms with E-state index in [1.807, 2.05) is 0 Å². The Morgan fingerprint density at radius 1 is 1.11 bits per heavy atom. The molecule has 1 aliphatic heterocycles. The lowest BCUT2D eigenvalue weighted by Crippen LogP contribution is -2.45. The molecule has 2 aliphatic carbocycles. The lowest BCUT2D eigenvalue weighted by atomic mass is 9.84. The summed E-state index contributed by atoms with van der Waals surface area (Å²) in [5.74, 6) is 1.43. The molecule has 0 radical (unpaired) electrons. The third kappa shape index (κ3) is 2.07. The maximum absolute atomic E-state index is 12.7. The van der Waals surface area contributed by atoms with Crippen molar-refractivity contribution in [2.45, 2.75) is 76.4 Å². The molecule has 0 aromatic rings. The highest BCUT2D eigenvalue weighted by molar-refractivity contribution is 5.80. The van der Waals surface area contributed by atoms with Crippen LogP contribution in [0.2, 0.25) is 0 Å². The Balaban J connectivity index is 1.72. The maximum atomic E-state index is 12.7. The van der Waals surface area contributed by atoms with Gasteiger partial charge in [-0.3, -0.25) is 4.79 Å². The molecule has 2 saturated carbocycles. The predicted molar refractivity (Wildman–Crippen MR) is 72.0 cm³/mol. The fourth-order valence-electron chi connectivity index (χ4n) is 4.54. The molecule has 0 aromatic heterocycles. The Kier molecular flexibility index (Phi) is 3.35. The molecule has 1 saturated heterocycles. The van der Waals surface area contributed by atoms with Gasteiger partial charge in [0.1, 0.15) is 0 Å². The van der Waals surface area contributed by atoms with Gasteiger partial charge in [-0.05, 0) is 51.4 Å². The first-order chi connectivity index (χ1) is 8.66. The number of carbonyl (C=O) groups excluding carboxylic acids is 1. The molecule has 3 fully saturated rings. The van der Waals surface area contributed by atoms with E-state index >= 15 is 0 Å². The summed E-state index contributed by atoms with van der Waals surface area (Å²) in [5.41, 5.74) is 5.96. The van der Waals surface area contributed by atoms with Crippen LogP contribution in [0.5, 0.6) is 0 Å². The lowest BCUT2D eigenvalue weighted by molar-refractivity contribution is -0.138. The molecule has 3 nitrogen and oxygen atoms in total. The van der Waals surface area contributed by atoms with Crippen molar-refractivity contribution in [2.24, 2.45) is 17.6 Å². The number of hydrogen-bond acceptors (Lipinski definition) is 2. The van der Waals surface area contributed by atoms with Gasteiger partial charge in [-0.25, -0.2) is 0 Å². The highest BCUT2D eigenvalue weighted by atomic mass is 16.2. The van der Waals surface area contributed by atoms with Crippen molar-refractivity contribution in [3.63, 3.8) is 0 Å². The SMILES string of the molecule is C[C@@H]1C[C@@H]2CCCC[C@@H]2N1C(=O)[C@@H]1CC[C@@H](N)C1. The van der Waals surface area contributed by atoms with Crippen LogP contribution in [0.4, 0.5) is 0 Å². The van der Waals surface area contributed by atoms with Crippen molar-refractivity contribution in [2.75, 3.05) is 0 Å². The Bertz CT molecular complexity index is 330. The van der Waals surface area contributed by atoms with Gasteiger partial charge >= 0.3 is 0 Å². The quantitative estimate of drug-likeness (QED) is 0.776. The molecule has 5 atom stereocenters. The zero-order valence-electron chi connectivity index (χ0n) is 11.5.